The van der Waals surface area contributed by atoms with Crippen molar-refractivity contribution >= 4 is 5.91 Å². The molecule has 1 rings (SSSR count). The Hall–Kier alpha value is -1.36. The molecule has 0 atom stereocenters. The lowest BCUT2D eigenvalue weighted by molar-refractivity contribution is -0.118. The number of nitrogens with zero attached hydrogens (tertiary/aromatic N) is 2. The first-order chi connectivity index (χ1) is 5.74. The summed E-state index contributed by atoms with van der Waals surface area (Å²) in [6, 6.07) is 0. The molecule has 5 heteroatoms. The lowest BCUT2D eigenvalue weighted by Gasteiger charge is -2.02. The van der Waals surface area contributed by atoms with Gasteiger partial charge in [-0.2, -0.15) is 0 Å². The molecule has 1 heterocycles. The number of aliphatic hydroxyl groups excluding tert-OH is 1. The van der Waals surface area contributed by atoms with Crippen LogP contribution in [0.25, 0.3) is 0 Å². The van der Waals surface area contributed by atoms with Crippen molar-refractivity contribution < 1.29 is 9.90 Å². The largest absolute Gasteiger partial charge is 0.388 e. The molecule has 66 valence electrons. The minimum absolute atomic E-state index is 0.119. The van der Waals surface area contributed by atoms with Gasteiger partial charge < -0.3 is 15.4 Å². The van der Waals surface area contributed by atoms with Gasteiger partial charge >= 0.3 is 0 Å². The molecule has 12 heavy (non-hydrogen) atoms. The lowest BCUT2D eigenvalue weighted by atomic mass is 10.4. The molecule has 0 aromatic carbocycles. The Morgan fingerprint density at radius 3 is 3.08 bits per heavy atom. The molecule has 0 saturated heterocycles. The molecular weight excluding hydrogens is 158 g/mol. The third-order valence-electron chi connectivity index (χ3n) is 1.54. The molecule has 3 N–H and O–H groups in total. The molecule has 0 bridgehead atoms. The zero-order valence-corrected chi connectivity index (χ0v) is 6.60. The Bertz CT molecular complexity index is 269. The van der Waals surface area contributed by atoms with Crippen LogP contribution in [-0.2, 0) is 17.9 Å². The van der Waals surface area contributed by atoms with Crippen LogP contribution in [0.1, 0.15) is 12.2 Å². The Balaban J connectivity index is 2.56. The van der Waals surface area contributed by atoms with E-state index in [4.69, 9.17) is 10.8 Å². The lowest BCUT2D eigenvalue weighted by Crippen LogP contribution is -2.14. The van der Waals surface area contributed by atoms with Crippen molar-refractivity contribution in [3.8, 4) is 0 Å². The zero-order chi connectivity index (χ0) is 8.97. The van der Waals surface area contributed by atoms with Crippen LogP contribution in [0.2, 0.25) is 0 Å². The molecule has 5 nitrogen and oxygen atoms in total. The summed E-state index contributed by atoms with van der Waals surface area (Å²) in [4.78, 5) is 14.3. The first kappa shape index (κ1) is 8.73. The molecule has 0 aliphatic carbocycles. The second-order valence-corrected chi connectivity index (χ2v) is 2.41. The molecule has 1 amide bonds. The maximum Gasteiger partial charge on any atom is 0.219 e. The van der Waals surface area contributed by atoms with Gasteiger partial charge in [0.05, 0.1) is 0 Å². The summed E-state index contributed by atoms with van der Waals surface area (Å²) in [5.74, 6) is 0.198. The molecule has 0 radical (unpaired) electrons. The van der Waals surface area contributed by atoms with Crippen LogP contribution < -0.4 is 5.73 Å². The average Bonchev–Trinajstić information content (AvgIpc) is 2.47. The average molecular weight is 169 g/mol. The minimum atomic E-state index is -0.354. The molecule has 0 aliphatic rings. The molecule has 1 aromatic heterocycles. The predicted molar refractivity (Wildman–Crippen MR) is 42.0 cm³/mol. The van der Waals surface area contributed by atoms with E-state index < -0.39 is 0 Å². The predicted octanol–water partition coefficient (Wildman–Crippen LogP) is -0.749. The van der Waals surface area contributed by atoms with Crippen molar-refractivity contribution in [2.75, 3.05) is 0 Å². The van der Waals surface area contributed by atoms with E-state index in [1.54, 1.807) is 17.0 Å². The van der Waals surface area contributed by atoms with E-state index in [1.165, 1.54) is 0 Å². The number of aromatic nitrogens is 2. The second kappa shape index (κ2) is 3.87. The van der Waals surface area contributed by atoms with Crippen LogP contribution in [0.5, 0.6) is 0 Å². The number of nitrogens with two attached hydrogens (primary N) is 1. The fourth-order valence-electron chi connectivity index (χ4n) is 0.926. The highest BCUT2D eigenvalue weighted by atomic mass is 16.3. The number of primary amides is 1. The van der Waals surface area contributed by atoms with Gasteiger partial charge in [-0.25, -0.2) is 4.98 Å². The van der Waals surface area contributed by atoms with Gasteiger partial charge in [-0.1, -0.05) is 0 Å². The van der Waals surface area contributed by atoms with Gasteiger partial charge in [0.15, 0.2) is 0 Å². The highest BCUT2D eigenvalue weighted by Gasteiger charge is 2.01. The second-order valence-electron chi connectivity index (χ2n) is 2.41. The third kappa shape index (κ3) is 2.06. The Morgan fingerprint density at radius 2 is 2.50 bits per heavy atom. The highest BCUT2D eigenvalue weighted by molar-refractivity contribution is 5.73. The number of imidazole rings is 1. The molecule has 0 aliphatic heterocycles. The number of aliphatic hydroxyl groups is 1. The van der Waals surface area contributed by atoms with Crippen LogP contribution in [0.15, 0.2) is 12.4 Å². The van der Waals surface area contributed by atoms with Gasteiger partial charge in [0, 0.05) is 25.4 Å². The van der Waals surface area contributed by atoms with Gasteiger partial charge in [0.2, 0.25) is 5.91 Å². The Morgan fingerprint density at radius 1 is 1.75 bits per heavy atom. The van der Waals surface area contributed by atoms with Crippen molar-refractivity contribution in [1.29, 1.82) is 0 Å². The zero-order valence-electron chi connectivity index (χ0n) is 6.60. The summed E-state index contributed by atoms with van der Waals surface area (Å²) in [5.41, 5.74) is 4.97. The van der Waals surface area contributed by atoms with E-state index in [2.05, 4.69) is 4.98 Å². The minimum Gasteiger partial charge on any atom is -0.388 e. The Labute approximate surface area is 69.8 Å². The summed E-state index contributed by atoms with van der Waals surface area (Å²) in [5, 5.41) is 8.77. The van der Waals surface area contributed by atoms with Crippen LogP contribution in [0, 0.1) is 0 Å². The number of hydrogen-bond acceptors (Lipinski definition) is 3. The number of aryl methyl sites for hydroxylation is 1. The maximum absolute atomic E-state index is 10.4. The first-order valence-electron chi connectivity index (χ1n) is 3.63. The summed E-state index contributed by atoms with van der Waals surface area (Å²) >= 11 is 0. The van der Waals surface area contributed by atoms with Crippen LogP contribution in [-0.4, -0.2) is 20.6 Å². The quantitative estimate of drug-likeness (QED) is 0.622. The van der Waals surface area contributed by atoms with E-state index in [1.807, 2.05) is 0 Å². The Kier molecular flexibility index (Phi) is 2.82. The van der Waals surface area contributed by atoms with Gasteiger partial charge in [-0.15, -0.1) is 0 Å². The van der Waals surface area contributed by atoms with Crippen molar-refractivity contribution in [2.45, 2.75) is 19.6 Å². The summed E-state index contributed by atoms with van der Waals surface area (Å²) < 4.78 is 1.70. The topological polar surface area (TPSA) is 81.1 Å². The fraction of sp³-hybridized carbons (Fsp3) is 0.429. The van der Waals surface area contributed by atoms with E-state index in [9.17, 15) is 4.79 Å². The highest BCUT2D eigenvalue weighted by Crippen LogP contribution is 1.98. The molecule has 0 spiro atoms. The molecule has 0 fully saturated rings. The number of carbonyl (C=O) groups is 1. The summed E-state index contributed by atoms with van der Waals surface area (Å²) in [6.07, 6.45) is 3.55. The van der Waals surface area contributed by atoms with E-state index >= 15 is 0 Å². The van der Waals surface area contributed by atoms with E-state index in [0.29, 0.717) is 12.4 Å². The van der Waals surface area contributed by atoms with Crippen LogP contribution in [0.4, 0.5) is 0 Å². The normalized spacial score (nSPS) is 10.1. The number of hydrogen-bond donors (Lipinski definition) is 2. The van der Waals surface area contributed by atoms with Gasteiger partial charge in [0.25, 0.3) is 0 Å². The molecule has 1 aromatic rings. The van der Waals surface area contributed by atoms with Gasteiger partial charge in [-0.05, 0) is 0 Å². The first-order valence-corrected chi connectivity index (χ1v) is 3.63. The third-order valence-corrected chi connectivity index (χ3v) is 1.54. The van der Waals surface area contributed by atoms with Crippen LogP contribution >= 0.6 is 0 Å². The smallest absolute Gasteiger partial charge is 0.219 e. The van der Waals surface area contributed by atoms with E-state index in [-0.39, 0.29) is 18.9 Å². The number of amides is 1. The number of rotatable bonds is 4. The molecule has 0 unspecified atom stereocenters. The van der Waals surface area contributed by atoms with E-state index in [0.717, 1.165) is 0 Å². The molecular formula is C7H11N3O2. The van der Waals surface area contributed by atoms with Crippen LogP contribution in [0.3, 0.4) is 0 Å². The van der Waals surface area contributed by atoms with Crippen molar-refractivity contribution in [2.24, 2.45) is 5.73 Å². The maximum atomic E-state index is 10.4. The van der Waals surface area contributed by atoms with Gasteiger partial charge in [0.1, 0.15) is 12.4 Å². The summed E-state index contributed by atoms with van der Waals surface area (Å²) in [6.45, 7) is 0.358. The van der Waals surface area contributed by atoms with Crippen molar-refractivity contribution in [3.05, 3.63) is 18.2 Å². The standard InChI is InChI=1S/C7H11N3O2/c8-6(12)1-3-10-4-2-9-7(10)5-11/h2,4,11H,1,3,5H2,(H2,8,12). The number of carbonyl (C=O) groups excluding carboxylic acids is 1. The van der Waals surface area contributed by atoms with Crippen molar-refractivity contribution in [1.82, 2.24) is 9.55 Å². The fourth-order valence-corrected chi connectivity index (χ4v) is 0.926. The monoisotopic (exact) mass is 169 g/mol. The molecule has 0 saturated carbocycles. The van der Waals surface area contributed by atoms with Crippen molar-refractivity contribution in [3.63, 3.8) is 0 Å². The van der Waals surface area contributed by atoms with Gasteiger partial charge in [-0.3, -0.25) is 4.79 Å². The SMILES string of the molecule is NC(=O)CCn1ccnc1CO. The summed E-state index contributed by atoms with van der Waals surface area (Å²) in [7, 11) is 0.